The lowest BCUT2D eigenvalue weighted by Crippen LogP contribution is -2.40. The quantitative estimate of drug-likeness (QED) is 0.871. The Labute approximate surface area is 136 Å². The van der Waals surface area contributed by atoms with Crippen LogP contribution in [0.25, 0.3) is 0 Å². The summed E-state index contributed by atoms with van der Waals surface area (Å²) in [4.78, 5) is 21.6. The Morgan fingerprint density at radius 1 is 1.13 bits per heavy atom. The minimum atomic E-state index is 0.0282. The second-order valence-electron chi connectivity index (χ2n) is 6.51. The van der Waals surface area contributed by atoms with Gasteiger partial charge < -0.3 is 9.47 Å². The van der Waals surface area contributed by atoms with E-state index >= 15 is 0 Å². The molecule has 23 heavy (non-hydrogen) atoms. The predicted molar refractivity (Wildman–Crippen MR) is 89.3 cm³/mol. The first-order valence-electron chi connectivity index (χ1n) is 8.32. The molecule has 1 amide bonds. The first kappa shape index (κ1) is 14.5. The maximum atomic E-state index is 12.8. The van der Waals surface area contributed by atoms with E-state index < -0.39 is 0 Å². The second-order valence-corrected chi connectivity index (χ2v) is 6.51. The van der Waals surface area contributed by atoms with E-state index in [0.717, 1.165) is 44.0 Å². The summed E-state index contributed by atoms with van der Waals surface area (Å²) < 4.78 is 2.10. The molecule has 0 aliphatic carbocycles. The van der Waals surface area contributed by atoms with Crippen molar-refractivity contribution in [3.63, 3.8) is 0 Å². The Morgan fingerprint density at radius 2 is 1.96 bits per heavy atom. The number of para-hydroxylation sites is 1. The van der Waals surface area contributed by atoms with Gasteiger partial charge in [0.05, 0.1) is 6.04 Å². The normalized spacial score (nSPS) is 25.4. The van der Waals surface area contributed by atoms with E-state index in [4.69, 9.17) is 0 Å². The third-order valence-corrected chi connectivity index (χ3v) is 5.13. The molecule has 2 aliphatic heterocycles. The molecule has 1 aromatic heterocycles. The van der Waals surface area contributed by atoms with Gasteiger partial charge in [-0.15, -0.1) is 0 Å². The van der Waals surface area contributed by atoms with Gasteiger partial charge in [0.2, 0.25) is 5.91 Å². The van der Waals surface area contributed by atoms with Crippen molar-refractivity contribution in [2.45, 2.75) is 24.8 Å². The van der Waals surface area contributed by atoms with E-state index in [9.17, 15) is 4.79 Å². The van der Waals surface area contributed by atoms with Crippen LogP contribution in [0.5, 0.6) is 0 Å². The number of aromatic nitrogens is 2. The summed E-state index contributed by atoms with van der Waals surface area (Å²) in [6, 6.07) is 10.0. The minimum Gasteiger partial charge on any atom is -0.338 e. The highest BCUT2D eigenvalue weighted by Crippen LogP contribution is 2.31. The van der Waals surface area contributed by atoms with Gasteiger partial charge in [-0.3, -0.25) is 9.69 Å². The molecule has 0 radical (unpaired) electrons. The summed E-state index contributed by atoms with van der Waals surface area (Å²) in [5.41, 5.74) is 1.01. The molecule has 2 fully saturated rings. The van der Waals surface area contributed by atoms with Crippen LogP contribution >= 0.6 is 0 Å². The topological polar surface area (TPSA) is 41.4 Å². The largest absolute Gasteiger partial charge is 0.338 e. The van der Waals surface area contributed by atoms with Gasteiger partial charge in [-0.25, -0.2) is 4.98 Å². The van der Waals surface area contributed by atoms with Gasteiger partial charge in [0.25, 0.3) is 0 Å². The molecule has 2 aliphatic rings. The minimum absolute atomic E-state index is 0.0282. The van der Waals surface area contributed by atoms with Crippen molar-refractivity contribution >= 4 is 11.6 Å². The number of amides is 1. The highest BCUT2D eigenvalue weighted by atomic mass is 16.2. The first-order chi connectivity index (χ1) is 11.2. The predicted octanol–water partition coefficient (Wildman–Crippen LogP) is 2.01. The summed E-state index contributed by atoms with van der Waals surface area (Å²) in [6.45, 7) is 2.73. The fourth-order valence-corrected chi connectivity index (χ4v) is 3.92. The number of imidazole rings is 1. The summed E-state index contributed by atoms with van der Waals surface area (Å²) in [5, 5.41) is 0. The number of carbonyl (C=O) groups excluding carboxylic acids is 1. The third kappa shape index (κ3) is 2.55. The summed E-state index contributed by atoms with van der Waals surface area (Å²) in [6.07, 6.45) is 5.85. The van der Waals surface area contributed by atoms with Crippen LogP contribution in [0.3, 0.4) is 0 Å². The number of likely N-dealkylation sites (tertiary alicyclic amines) is 1. The molecule has 5 nitrogen and oxygen atoms in total. The van der Waals surface area contributed by atoms with E-state index in [2.05, 4.69) is 14.5 Å². The second kappa shape index (κ2) is 5.81. The number of carbonyl (C=O) groups is 1. The van der Waals surface area contributed by atoms with Gasteiger partial charge in [-0.1, -0.05) is 18.2 Å². The zero-order chi connectivity index (χ0) is 15.8. The number of nitrogens with zero attached hydrogens (tertiary/aromatic N) is 4. The van der Waals surface area contributed by atoms with Crippen LogP contribution in [0.15, 0.2) is 42.7 Å². The monoisotopic (exact) mass is 310 g/mol. The summed E-state index contributed by atoms with van der Waals surface area (Å²) in [7, 11) is 2.04. The molecule has 0 N–H and O–H groups in total. The average molecular weight is 310 g/mol. The molecule has 1 aromatic carbocycles. The Hall–Kier alpha value is -2.14. The van der Waals surface area contributed by atoms with Gasteiger partial charge >= 0.3 is 0 Å². The highest BCUT2D eigenvalue weighted by molar-refractivity contribution is 5.99. The van der Waals surface area contributed by atoms with Gasteiger partial charge in [-0.2, -0.15) is 0 Å². The molecular weight excluding hydrogens is 288 g/mol. The van der Waals surface area contributed by atoms with Gasteiger partial charge in [0, 0.05) is 44.1 Å². The van der Waals surface area contributed by atoms with Crippen LogP contribution < -0.4 is 4.90 Å². The SMILES string of the molecule is Cn1ccnc1[C@H]1CCN([C@@H]2CCN(c3ccccc3)C2=O)C1. The van der Waals surface area contributed by atoms with E-state index in [-0.39, 0.29) is 11.9 Å². The van der Waals surface area contributed by atoms with Crippen molar-refractivity contribution in [3.8, 4) is 0 Å². The third-order valence-electron chi connectivity index (χ3n) is 5.13. The van der Waals surface area contributed by atoms with Crippen molar-refractivity contribution < 1.29 is 4.79 Å². The van der Waals surface area contributed by atoms with Crippen LogP contribution in [-0.2, 0) is 11.8 Å². The van der Waals surface area contributed by atoms with Crippen LogP contribution in [0.2, 0.25) is 0 Å². The first-order valence-corrected chi connectivity index (χ1v) is 8.32. The zero-order valence-corrected chi connectivity index (χ0v) is 13.4. The number of aryl methyl sites for hydroxylation is 1. The number of benzene rings is 1. The number of hydrogen-bond acceptors (Lipinski definition) is 3. The van der Waals surface area contributed by atoms with Crippen molar-refractivity contribution in [1.29, 1.82) is 0 Å². The maximum absolute atomic E-state index is 12.8. The summed E-state index contributed by atoms with van der Waals surface area (Å²) >= 11 is 0. The molecule has 2 saturated heterocycles. The van der Waals surface area contributed by atoms with Crippen LogP contribution in [0, 0.1) is 0 Å². The number of rotatable bonds is 3. The fourth-order valence-electron chi connectivity index (χ4n) is 3.92. The van der Waals surface area contributed by atoms with E-state index in [1.165, 1.54) is 0 Å². The molecule has 4 rings (SSSR count). The van der Waals surface area contributed by atoms with E-state index in [1.54, 1.807) is 0 Å². The van der Waals surface area contributed by atoms with Crippen LogP contribution in [0.1, 0.15) is 24.6 Å². The molecule has 3 heterocycles. The van der Waals surface area contributed by atoms with Gasteiger partial charge in [0.15, 0.2) is 0 Å². The molecular formula is C18H22N4O. The molecule has 5 heteroatoms. The Kier molecular flexibility index (Phi) is 3.65. The van der Waals surface area contributed by atoms with Crippen molar-refractivity contribution in [2.24, 2.45) is 7.05 Å². The lowest BCUT2D eigenvalue weighted by molar-refractivity contribution is -0.121. The fraction of sp³-hybridized carbons (Fsp3) is 0.444. The lowest BCUT2D eigenvalue weighted by Gasteiger charge is -2.23. The Balaban J connectivity index is 1.46. The highest BCUT2D eigenvalue weighted by Gasteiger charge is 2.40. The van der Waals surface area contributed by atoms with Crippen LogP contribution in [-0.4, -0.2) is 46.0 Å². The van der Waals surface area contributed by atoms with Crippen LogP contribution in [0.4, 0.5) is 5.69 Å². The molecule has 0 spiro atoms. The Bertz CT molecular complexity index is 696. The van der Waals surface area contributed by atoms with Gasteiger partial charge in [-0.05, 0) is 31.5 Å². The molecule has 0 bridgehead atoms. The average Bonchev–Trinajstić information content (AvgIpc) is 3.27. The Morgan fingerprint density at radius 3 is 2.70 bits per heavy atom. The number of hydrogen-bond donors (Lipinski definition) is 0. The van der Waals surface area contributed by atoms with Crippen molar-refractivity contribution in [3.05, 3.63) is 48.5 Å². The lowest BCUT2D eigenvalue weighted by atomic mass is 10.1. The van der Waals surface area contributed by atoms with Gasteiger partial charge in [0.1, 0.15) is 5.82 Å². The summed E-state index contributed by atoms with van der Waals surface area (Å²) in [5.74, 6) is 1.82. The number of anilines is 1. The van der Waals surface area contributed by atoms with Crippen molar-refractivity contribution in [1.82, 2.24) is 14.5 Å². The maximum Gasteiger partial charge on any atom is 0.244 e. The van der Waals surface area contributed by atoms with E-state index in [1.807, 2.05) is 54.7 Å². The zero-order valence-electron chi connectivity index (χ0n) is 13.4. The molecule has 120 valence electrons. The molecule has 2 aromatic rings. The van der Waals surface area contributed by atoms with Crippen molar-refractivity contribution in [2.75, 3.05) is 24.5 Å². The molecule has 0 saturated carbocycles. The smallest absolute Gasteiger partial charge is 0.244 e. The standard InChI is InChI=1S/C18H22N4O/c1-20-12-9-19-17(20)14-7-10-21(13-14)16-8-11-22(18(16)23)15-5-3-2-4-6-15/h2-6,9,12,14,16H,7-8,10-11,13H2,1H3/t14-,16+/m0/s1. The molecule has 0 unspecified atom stereocenters. The van der Waals surface area contributed by atoms with E-state index in [0.29, 0.717) is 5.92 Å². The molecule has 2 atom stereocenters.